The molecule has 0 aliphatic carbocycles. The molecule has 0 spiro atoms. The molecule has 20 heteroatoms. The highest BCUT2D eigenvalue weighted by Gasteiger charge is 2.60. The zero-order chi connectivity index (χ0) is 31.8. The van der Waals surface area contributed by atoms with E-state index in [2.05, 4.69) is 19.8 Å². The van der Waals surface area contributed by atoms with E-state index < -0.39 is 47.3 Å². The highest BCUT2D eigenvalue weighted by molar-refractivity contribution is 8.13. The predicted octanol–water partition coefficient (Wildman–Crippen LogP) is 1.21. The van der Waals surface area contributed by atoms with Crippen LogP contribution >= 0.6 is 19.6 Å². The number of carbonyl (C=O) groups is 1. The normalized spacial score (nSPS) is 27.8. The number of nitrogen functional groups attached to an aromatic ring is 1. The van der Waals surface area contributed by atoms with Crippen LogP contribution in [0.3, 0.4) is 0 Å². The first-order valence-electron chi connectivity index (χ1n) is 13.4. The molecular formula is C23H38N7O10PS2. The van der Waals surface area contributed by atoms with E-state index in [0.717, 1.165) is 29.4 Å². The summed E-state index contributed by atoms with van der Waals surface area (Å²) < 4.78 is 66.3. The molecule has 4 rings (SSSR count). The van der Waals surface area contributed by atoms with Gasteiger partial charge in [-0.2, -0.15) is 9.97 Å². The summed E-state index contributed by atoms with van der Waals surface area (Å²) in [5, 5.41) is 12.6. The Balaban J connectivity index is 1.44. The minimum atomic E-state index is -4.12. The molecule has 43 heavy (non-hydrogen) atoms. The topological polar surface area (TPSA) is 220 Å². The summed E-state index contributed by atoms with van der Waals surface area (Å²) in [5.74, 6) is 0.0725. The lowest BCUT2D eigenvalue weighted by Crippen LogP contribution is -2.47. The number of phosphoric ester groups is 1. The minimum absolute atomic E-state index is 0.0624. The van der Waals surface area contributed by atoms with E-state index in [1.165, 1.54) is 24.9 Å². The van der Waals surface area contributed by atoms with Gasteiger partial charge in [0.25, 0.3) is 0 Å². The number of fused-ring (bicyclic) bond motifs is 2. The van der Waals surface area contributed by atoms with Crippen LogP contribution in [0.4, 0.5) is 11.8 Å². The number of carbonyl (C=O) groups excluding carboxylic acids is 1. The fraction of sp³-hybridized carbons (Fsp3) is 0.739. The molecule has 0 bridgehead atoms. The molecule has 2 fully saturated rings. The Bertz CT molecular complexity index is 1490. The average molecular weight is 668 g/mol. The largest absolute Gasteiger partial charge is 0.475 e. The Kier molecular flexibility index (Phi) is 10.1. The molecule has 0 aromatic carbocycles. The lowest BCUT2D eigenvalue weighted by Gasteiger charge is -2.35. The van der Waals surface area contributed by atoms with E-state index in [1.54, 1.807) is 13.8 Å². The molecule has 4 N–H and O–H groups in total. The second-order valence-corrected chi connectivity index (χ2v) is 15.5. The number of rotatable bonds is 13. The van der Waals surface area contributed by atoms with Crippen LogP contribution in [0.1, 0.15) is 40.3 Å². The van der Waals surface area contributed by atoms with Crippen molar-refractivity contribution in [2.24, 2.45) is 5.41 Å². The lowest BCUT2D eigenvalue weighted by atomic mass is 9.96. The Morgan fingerprint density at radius 2 is 2.12 bits per heavy atom. The summed E-state index contributed by atoms with van der Waals surface area (Å²) in [5.41, 5.74) is 3.72. The maximum absolute atomic E-state index is 13.3. The Hall–Kier alpha value is -1.93. The molecule has 0 radical (unpaired) electrons. The third kappa shape index (κ3) is 7.66. The van der Waals surface area contributed by atoms with Gasteiger partial charge in [-0.3, -0.25) is 27.9 Å². The SMILES string of the molecule is CCCOCC(C)(C)C(=O)SCCOP1(=O)OCC2O[C@@H](n3cnc4c(N(C)NS(C)(=O)=O)nc(N)nc43)[C@](C)(O)[C@@H]2O1. The second-order valence-electron chi connectivity index (χ2n) is 11.1. The van der Waals surface area contributed by atoms with E-state index in [0.29, 0.717) is 6.61 Å². The highest BCUT2D eigenvalue weighted by Crippen LogP contribution is 2.59. The van der Waals surface area contributed by atoms with E-state index in [1.807, 2.05) is 6.92 Å². The third-order valence-electron chi connectivity index (χ3n) is 6.58. The molecule has 5 atom stereocenters. The van der Waals surface area contributed by atoms with Crippen molar-refractivity contribution in [3.8, 4) is 0 Å². The van der Waals surface area contributed by atoms with Gasteiger partial charge in [0, 0.05) is 19.4 Å². The number of thioether (sulfide) groups is 1. The number of ether oxygens (including phenoxy) is 2. The lowest BCUT2D eigenvalue weighted by molar-refractivity contribution is -0.121. The number of phosphoric acid groups is 1. The summed E-state index contributed by atoms with van der Waals surface area (Å²) >= 11 is 1.03. The number of nitrogens with two attached hydrogens (primary N) is 1. The zero-order valence-corrected chi connectivity index (χ0v) is 27.3. The Labute approximate surface area is 253 Å². The molecule has 0 saturated carbocycles. The van der Waals surface area contributed by atoms with Crippen molar-refractivity contribution in [3.63, 3.8) is 0 Å². The Morgan fingerprint density at radius 1 is 1.40 bits per heavy atom. The second kappa shape index (κ2) is 12.8. The van der Waals surface area contributed by atoms with Gasteiger partial charge in [-0.15, -0.1) is 4.83 Å². The fourth-order valence-electron chi connectivity index (χ4n) is 4.57. The van der Waals surface area contributed by atoms with Crippen molar-refractivity contribution < 1.29 is 45.9 Å². The van der Waals surface area contributed by atoms with Crippen LogP contribution in [-0.4, -0.2) is 101 Å². The fourth-order valence-corrected chi connectivity index (χ4v) is 7.54. The number of aliphatic hydroxyl groups is 1. The monoisotopic (exact) mass is 667 g/mol. The smallest absolute Gasteiger partial charge is 0.383 e. The summed E-state index contributed by atoms with van der Waals surface area (Å²) in [6, 6.07) is 0. The van der Waals surface area contributed by atoms with Crippen LogP contribution in [-0.2, 0) is 42.4 Å². The first-order chi connectivity index (χ1) is 20.0. The van der Waals surface area contributed by atoms with Gasteiger partial charge in [0.1, 0.15) is 17.8 Å². The van der Waals surface area contributed by atoms with Crippen molar-refractivity contribution in [2.45, 2.75) is 58.2 Å². The summed E-state index contributed by atoms with van der Waals surface area (Å²) in [6.07, 6.45) is 0.0368. The number of imidazole rings is 1. The molecule has 242 valence electrons. The number of hydrogen-bond donors (Lipinski definition) is 3. The molecule has 2 aliphatic heterocycles. The maximum atomic E-state index is 13.3. The van der Waals surface area contributed by atoms with Gasteiger partial charge in [-0.1, -0.05) is 18.7 Å². The molecule has 17 nitrogen and oxygen atoms in total. The third-order valence-corrected chi connectivity index (χ3v) is 9.82. The zero-order valence-electron chi connectivity index (χ0n) is 24.8. The van der Waals surface area contributed by atoms with Gasteiger partial charge < -0.3 is 20.3 Å². The average Bonchev–Trinajstić information content (AvgIpc) is 3.42. The van der Waals surface area contributed by atoms with E-state index >= 15 is 0 Å². The van der Waals surface area contributed by atoms with Gasteiger partial charge in [0.05, 0.1) is 37.8 Å². The van der Waals surface area contributed by atoms with E-state index in [4.69, 9.17) is 28.8 Å². The number of hydrogen-bond acceptors (Lipinski definition) is 16. The van der Waals surface area contributed by atoms with E-state index in [9.17, 15) is 22.9 Å². The molecular weight excluding hydrogens is 629 g/mol. The number of nitrogens with zero attached hydrogens (tertiary/aromatic N) is 5. The summed E-state index contributed by atoms with van der Waals surface area (Å²) in [4.78, 5) is 27.5. The molecule has 2 aromatic heterocycles. The van der Waals surface area contributed by atoms with Crippen molar-refractivity contribution in [3.05, 3.63) is 6.33 Å². The molecule has 4 heterocycles. The first-order valence-corrected chi connectivity index (χ1v) is 17.7. The van der Waals surface area contributed by atoms with Gasteiger partial charge in [-0.25, -0.2) is 18.0 Å². The van der Waals surface area contributed by atoms with Crippen LogP contribution in [0.15, 0.2) is 6.33 Å². The molecule has 2 unspecified atom stereocenters. The summed E-state index contributed by atoms with van der Waals surface area (Å²) in [6.45, 7) is 7.55. The van der Waals surface area contributed by atoms with Crippen molar-refractivity contribution >= 4 is 57.7 Å². The van der Waals surface area contributed by atoms with Crippen LogP contribution in [0.5, 0.6) is 0 Å². The number of nitrogens with one attached hydrogen (secondary N) is 1. The van der Waals surface area contributed by atoms with Crippen LogP contribution in [0.25, 0.3) is 11.2 Å². The van der Waals surface area contributed by atoms with Gasteiger partial charge in [0.2, 0.25) is 16.0 Å². The standard InChI is InChI=1S/C23H38N7O10PS2/c1-7-8-36-12-22(2,3)20(31)42-10-9-37-41(33)38-11-14-16(40-41)23(4,32)19(39-14)30-13-25-15-17(26-21(24)27-18(15)30)29(5)28-43(6,34)35/h13-14,16,19,28,32H,7-12H2,1-6H3,(H2,24,26,27)/t14?,16-,19-,23-,41?/m1/s1. The van der Waals surface area contributed by atoms with Crippen molar-refractivity contribution in [2.75, 3.05) is 56.2 Å². The van der Waals surface area contributed by atoms with Gasteiger partial charge in [-0.05, 0) is 27.2 Å². The van der Waals surface area contributed by atoms with E-state index in [-0.39, 0.29) is 53.6 Å². The van der Waals surface area contributed by atoms with Crippen LogP contribution in [0.2, 0.25) is 0 Å². The van der Waals surface area contributed by atoms with Gasteiger partial charge >= 0.3 is 7.82 Å². The maximum Gasteiger partial charge on any atom is 0.475 e. The molecule has 2 saturated heterocycles. The molecule has 0 amide bonds. The van der Waals surface area contributed by atoms with Gasteiger partial charge in [0.15, 0.2) is 28.3 Å². The van der Waals surface area contributed by atoms with Crippen molar-refractivity contribution in [1.29, 1.82) is 0 Å². The highest BCUT2D eigenvalue weighted by atomic mass is 32.2. The van der Waals surface area contributed by atoms with Crippen LogP contribution in [0, 0.1) is 5.41 Å². The molecule has 2 aromatic rings. The Morgan fingerprint density at radius 3 is 2.79 bits per heavy atom. The number of hydrazine groups is 1. The first kappa shape index (κ1) is 34.0. The minimum Gasteiger partial charge on any atom is -0.383 e. The summed E-state index contributed by atoms with van der Waals surface area (Å²) in [7, 11) is -6.35. The van der Waals surface area contributed by atoms with Crippen LogP contribution < -0.4 is 15.6 Å². The number of sulfonamides is 1. The number of aromatic nitrogens is 4. The van der Waals surface area contributed by atoms with Crippen molar-refractivity contribution in [1.82, 2.24) is 24.4 Å². The number of anilines is 2. The molecule has 2 aliphatic rings. The predicted molar refractivity (Wildman–Crippen MR) is 157 cm³/mol. The quantitative estimate of drug-likeness (QED) is 0.155.